The van der Waals surface area contributed by atoms with E-state index in [9.17, 15) is 13.2 Å². The maximum absolute atomic E-state index is 12.5. The molecule has 3 N–H and O–H groups in total. The Bertz CT molecular complexity index is 939. The zero-order chi connectivity index (χ0) is 17.7. The maximum Gasteiger partial charge on any atom is 0.319 e. The summed E-state index contributed by atoms with van der Waals surface area (Å²) >= 11 is 0. The Morgan fingerprint density at radius 3 is 2.52 bits per heavy atom. The zero-order valence-electron chi connectivity index (χ0n) is 13.0. The third-order valence-electron chi connectivity index (χ3n) is 3.38. The van der Waals surface area contributed by atoms with E-state index < -0.39 is 15.9 Å². The molecule has 0 aliphatic carbocycles. The third kappa shape index (κ3) is 4.01. The largest absolute Gasteiger partial charge is 0.334 e. The number of hydrogen-bond donors (Lipinski definition) is 3. The van der Waals surface area contributed by atoms with Crippen molar-refractivity contribution in [2.24, 2.45) is 0 Å². The number of pyridine rings is 1. The number of amides is 2. The number of anilines is 1. The molecule has 8 nitrogen and oxygen atoms in total. The molecule has 0 unspecified atom stereocenters. The first kappa shape index (κ1) is 16.7. The minimum Gasteiger partial charge on any atom is -0.334 e. The van der Waals surface area contributed by atoms with Crippen LogP contribution in [0, 0.1) is 0 Å². The highest BCUT2D eigenvalue weighted by molar-refractivity contribution is 7.91. The van der Waals surface area contributed by atoms with Gasteiger partial charge in [0.05, 0.1) is 16.0 Å². The van der Waals surface area contributed by atoms with Gasteiger partial charge in [-0.1, -0.05) is 0 Å². The van der Waals surface area contributed by atoms with Crippen molar-refractivity contribution in [2.45, 2.75) is 16.3 Å². The standard InChI is InChI=1S/C16H15N5O3S/c22-16(18-8-12-9-19-20-10-12)21-13-3-5-14(6-4-13)25(23,24)15-2-1-7-17-11-15/h1-7,9-11H,8H2,(H,19,20)(H2,18,21,22). The van der Waals surface area contributed by atoms with Gasteiger partial charge in [0.25, 0.3) is 0 Å². The Labute approximate surface area is 144 Å². The highest BCUT2D eigenvalue weighted by Gasteiger charge is 2.17. The van der Waals surface area contributed by atoms with Gasteiger partial charge >= 0.3 is 6.03 Å². The zero-order valence-corrected chi connectivity index (χ0v) is 13.8. The van der Waals surface area contributed by atoms with Crippen molar-refractivity contribution < 1.29 is 13.2 Å². The van der Waals surface area contributed by atoms with Crippen LogP contribution in [0.5, 0.6) is 0 Å². The molecule has 0 fully saturated rings. The van der Waals surface area contributed by atoms with E-state index in [1.54, 1.807) is 18.5 Å². The van der Waals surface area contributed by atoms with Crippen molar-refractivity contribution in [3.63, 3.8) is 0 Å². The van der Waals surface area contributed by atoms with Gasteiger partial charge in [-0.25, -0.2) is 13.2 Å². The van der Waals surface area contributed by atoms with Gasteiger partial charge < -0.3 is 10.6 Å². The molecule has 1 aromatic carbocycles. The van der Waals surface area contributed by atoms with E-state index in [0.717, 1.165) is 5.56 Å². The number of nitrogens with zero attached hydrogens (tertiary/aromatic N) is 2. The van der Waals surface area contributed by atoms with Gasteiger partial charge in [-0.15, -0.1) is 0 Å². The second-order valence-electron chi connectivity index (χ2n) is 5.13. The molecule has 0 atom stereocenters. The summed E-state index contributed by atoms with van der Waals surface area (Å²) in [5.41, 5.74) is 1.32. The summed E-state index contributed by atoms with van der Waals surface area (Å²) in [6.45, 7) is 0.329. The number of H-pyrrole nitrogens is 1. The molecule has 128 valence electrons. The number of aromatic amines is 1. The highest BCUT2D eigenvalue weighted by Crippen LogP contribution is 2.21. The molecule has 0 saturated carbocycles. The average molecular weight is 357 g/mol. The number of aromatic nitrogens is 3. The molecule has 3 aromatic rings. The summed E-state index contributed by atoms with van der Waals surface area (Å²) < 4.78 is 24.9. The summed E-state index contributed by atoms with van der Waals surface area (Å²) in [7, 11) is -3.63. The van der Waals surface area contributed by atoms with Crippen LogP contribution < -0.4 is 10.6 Å². The number of rotatable bonds is 5. The molecule has 2 amide bonds. The van der Waals surface area contributed by atoms with Crippen molar-refractivity contribution >= 4 is 21.6 Å². The van der Waals surface area contributed by atoms with Gasteiger partial charge in [0.1, 0.15) is 0 Å². The first-order chi connectivity index (χ1) is 12.1. The van der Waals surface area contributed by atoms with Gasteiger partial charge in [0.15, 0.2) is 0 Å². The van der Waals surface area contributed by atoms with E-state index in [0.29, 0.717) is 12.2 Å². The number of nitrogens with one attached hydrogen (secondary N) is 3. The van der Waals surface area contributed by atoms with Crippen LogP contribution in [0.15, 0.2) is 71.0 Å². The fourth-order valence-corrected chi connectivity index (χ4v) is 3.32. The van der Waals surface area contributed by atoms with Crippen LogP contribution in [0.2, 0.25) is 0 Å². The molecule has 2 heterocycles. The van der Waals surface area contributed by atoms with Crippen molar-refractivity contribution in [3.05, 3.63) is 66.7 Å². The van der Waals surface area contributed by atoms with Crippen molar-refractivity contribution in [1.82, 2.24) is 20.5 Å². The number of carbonyl (C=O) groups excluding carboxylic acids is 1. The van der Waals surface area contributed by atoms with Gasteiger partial charge in [-0.2, -0.15) is 5.10 Å². The van der Waals surface area contributed by atoms with Crippen LogP contribution in [0.3, 0.4) is 0 Å². The summed E-state index contributed by atoms with van der Waals surface area (Å²) in [4.78, 5) is 15.9. The first-order valence-electron chi connectivity index (χ1n) is 7.33. The van der Waals surface area contributed by atoms with E-state index >= 15 is 0 Å². The van der Waals surface area contributed by atoms with E-state index in [-0.39, 0.29) is 9.79 Å². The molecule has 0 bridgehead atoms. The van der Waals surface area contributed by atoms with Crippen LogP contribution in [0.4, 0.5) is 10.5 Å². The topological polar surface area (TPSA) is 117 Å². The van der Waals surface area contributed by atoms with Crippen molar-refractivity contribution in [2.75, 3.05) is 5.32 Å². The summed E-state index contributed by atoms with van der Waals surface area (Å²) in [6, 6.07) is 8.58. The number of urea groups is 1. The Kier molecular flexibility index (Phi) is 4.75. The van der Waals surface area contributed by atoms with Crippen LogP contribution in [0.25, 0.3) is 0 Å². The van der Waals surface area contributed by atoms with Crippen molar-refractivity contribution in [3.8, 4) is 0 Å². The number of sulfone groups is 1. The Hall–Kier alpha value is -3.20. The first-order valence-corrected chi connectivity index (χ1v) is 8.82. The van der Waals surface area contributed by atoms with Gasteiger partial charge in [-0.05, 0) is 36.4 Å². The predicted molar refractivity (Wildman–Crippen MR) is 90.6 cm³/mol. The fourth-order valence-electron chi connectivity index (χ4n) is 2.09. The fraction of sp³-hybridized carbons (Fsp3) is 0.0625. The molecule has 0 aliphatic rings. The second-order valence-corrected chi connectivity index (χ2v) is 7.08. The lowest BCUT2D eigenvalue weighted by atomic mass is 10.3. The predicted octanol–water partition coefficient (Wildman–Crippen LogP) is 1.96. The number of hydrogen-bond acceptors (Lipinski definition) is 5. The Morgan fingerprint density at radius 2 is 1.88 bits per heavy atom. The lowest BCUT2D eigenvalue weighted by Gasteiger charge is -2.08. The van der Waals surface area contributed by atoms with Crippen LogP contribution in [-0.2, 0) is 16.4 Å². The Balaban J connectivity index is 1.65. The molecule has 25 heavy (non-hydrogen) atoms. The molecule has 3 rings (SSSR count). The molecule has 0 saturated heterocycles. The molecule has 0 spiro atoms. The molecule has 0 aliphatic heterocycles. The Morgan fingerprint density at radius 1 is 1.08 bits per heavy atom. The molecule has 9 heteroatoms. The number of carbonyl (C=O) groups is 1. The average Bonchev–Trinajstić information content (AvgIpc) is 3.15. The molecule has 0 radical (unpaired) electrons. The van der Waals surface area contributed by atoms with Gasteiger partial charge in [-0.3, -0.25) is 10.1 Å². The van der Waals surface area contributed by atoms with E-state index in [1.807, 2.05) is 0 Å². The highest BCUT2D eigenvalue weighted by atomic mass is 32.2. The third-order valence-corrected chi connectivity index (χ3v) is 5.13. The SMILES string of the molecule is O=C(NCc1cn[nH]c1)Nc1ccc(S(=O)(=O)c2cccnc2)cc1. The smallest absolute Gasteiger partial charge is 0.319 e. The van der Waals surface area contributed by atoms with E-state index in [1.165, 1.54) is 42.7 Å². The van der Waals surface area contributed by atoms with Gasteiger partial charge in [0.2, 0.25) is 9.84 Å². The van der Waals surface area contributed by atoms with Crippen molar-refractivity contribution in [1.29, 1.82) is 0 Å². The maximum atomic E-state index is 12.5. The lowest BCUT2D eigenvalue weighted by Crippen LogP contribution is -2.28. The summed E-state index contributed by atoms with van der Waals surface area (Å²) in [5, 5.41) is 11.7. The second kappa shape index (κ2) is 7.14. The monoisotopic (exact) mass is 357 g/mol. The molecular weight excluding hydrogens is 342 g/mol. The summed E-state index contributed by atoms with van der Waals surface area (Å²) in [5.74, 6) is 0. The summed E-state index contributed by atoms with van der Waals surface area (Å²) in [6.07, 6.45) is 6.09. The minimum atomic E-state index is -3.63. The molecular formula is C16H15N5O3S. The lowest BCUT2D eigenvalue weighted by molar-refractivity contribution is 0.251. The number of benzene rings is 1. The van der Waals surface area contributed by atoms with E-state index in [2.05, 4.69) is 25.8 Å². The minimum absolute atomic E-state index is 0.119. The van der Waals surface area contributed by atoms with Crippen LogP contribution >= 0.6 is 0 Å². The normalized spacial score (nSPS) is 11.0. The van der Waals surface area contributed by atoms with Crippen LogP contribution in [0.1, 0.15) is 5.56 Å². The molecule has 2 aromatic heterocycles. The van der Waals surface area contributed by atoms with E-state index in [4.69, 9.17) is 0 Å². The van der Waals surface area contributed by atoms with Crippen LogP contribution in [-0.4, -0.2) is 29.6 Å². The quantitative estimate of drug-likeness (QED) is 0.645. The van der Waals surface area contributed by atoms with Gasteiger partial charge in [0, 0.05) is 36.4 Å².